The number of aliphatic hydroxyl groups excluding tert-OH is 2. The van der Waals surface area contributed by atoms with Gasteiger partial charge in [-0.25, -0.2) is 9.36 Å². The van der Waals surface area contributed by atoms with Crippen molar-refractivity contribution in [2.75, 3.05) is 33.0 Å². The van der Waals surface area contributed by atoms with E-state index >= 15 is 0 Å². The second-order valence-electron chi connectivity index (χ2n) is 23.3. The quantitative estimate of drug-likeness (QED) is 0.0129. The highest BCUT2D eigenvalue weighted by Gasteiger charge is 2.53. The normalized spacial score (nSPS) is 23.4. The standard InChI is InChI=1S/C63H117N2O17P/c1-6-10-14-18-21-24-25-26-28-31-34-38-43-76-51(41-37-32-17-13-9-4)42-45-78-60-56(64-49(5)67)63(81-52(47-66)58(60)82-83(73,74)75)79-48-53-57(70)59(77-44-39-35-30-23-20-16-12-8-3)55(61(80-53)62(71)72)65-54(69)46-50(68)40-36-33-29-27-22-19-15-11-7-2/h24-25,51-53,55-61,63,66,70H,6-23,26-48H2,1-5H3,(H,64,67)(H,65,69)(H,71,72)(H2,73,74,75)/b25-24-/t51?,52-,53-,55-,56-,57-,58-,59-,60-,61+,63?/m1/s1. The molecule has 2 rings (SSSR count). The summed E-state index contributed by atoms with van der Waals surface area (Å²) in [6, 6.07) is -2.74. The van der Waals surface area contributed by atoms with Gasteiger partial charge in [-0.05, 0) is 57.8 Å². The van der Waals surface area contributed by atoms with Crippen LogP contribution in [0, 0.1) is 0 Å². The lowest BCUT2D eigenvalue weighted by Crippen LogP contribution is -2.68. The lowest BCUT2D eigenvalue weighted by molar-refractivity contribution is -0.289. The fourth-order valence-corrected chi connectivity index (χ4v) is 11.6. The smallest absolute Gasteiger partial charge is 0.470 e. The van der Waals surface area contributed by atoms with E-state index < -0.39 is 106 Å². The van der Waals surface area contributed by atoms with Crippen LogP contribution in [0.25, 0.3) is 0 Å². The number of phosphoric ester groups is 1. The Balaban J connectivity index is 2.29. The molecule has 0 aromatic carbocycles. The Kier molecular flexibility index (Phi) is 44.9. The number of phosphoric acid groups is 1. The minimum Gasteiger partial charge on any atom is -0.479 e. The highest BCUT2D eigenvalue weighted by Crippen LogP contribution is 2.42. The van der Waals surface area contributed by atoms with Gasteiger partial charge in [0.25, 0.3) is 0 Å². The predicted octanol–water partition coefficient (Wildman–Crippen LogP) is 11.8. The van der Waals surface area contributed by atoms with Gasteiger partial charge in [0.05, 0.1) is 31.8 Å². The molecule has 0 aromatic heterocycles. The molecular formula is C63H117N2O17P. The maximum absolute atomic E-state index is 13.5. The monoisotopic (exact) mass is 1200 g/mol. The first-order valence-electron chi connectivity index (χ1n) is 32.9. The van der Waals surface area contributed by atoms with Crippen LogP contribution in [0.5, 0.6) is 0 Å². The molecule has 2 aliphatic rings. The second kappa shape index (κ2) is 48.6. The number of allylic oxidation sites excluding steroid dienone is 2. The van der Waals surface area contributed by atoms with Crippen LogP contribution in [0.1, 0.15) is 266 Å². The highest BCUT2D eigenvalue weighted by atomic mass is 31.2. The van der Waals surface area contributed by atoms with E-state index in [9.17, 15) is 48.8 Å². The van der Waals surface area contributed by atoms with E-state index in [0.29, 0.717) is 25.9 Å². The Hall–Kier alpha value is -2.39. The molecule has 2 saturated heterocycles. The molecule has 0 radical (unpaired) electrons. The first-order chi connectivity index (χ1) is 40.1. The predicted molar refractivity (Wildman–Crippen MR) is 323 cm³/mol. The number of nitrogens with one attached hydrogen (secondary N) is 2. The number of amides is 2. The van der Waals surface area contributed by atoms with Gasteiger partial charge in [-0.3, -0.25) is 18.9 Å². The largest absolute Gasteiger partial charge is 0.479 e. The van der Waals surface area contributed by atoms with Crippen LogP contribution >= 0.6 is 7.82 Å². The number of hydrogen-bond acceptors (Lipinski definition) is 14. The number of aliphatic hydroxyl groups is 2. The van der Waals surface area contributed by atoms with Crippen molar-refractivity contribution in [2.45, 2.75) is 333 Å². The number of ether oxygens (including phenoxy) is 6. The zero-order valence-electron chi connectivity index (χ0n) is 52.1. The molecule has 7 N–H and O–H groups in total. The molecule has 19 nitrogen and oxygen atoms in total. The minimum absolute atomic E-state index is 0.00236. The summed E-state index contributed by atoms with van der Waals surface area (Å²) in [7, 11) is -5.27. The van der Waals surface area contributed by atoms with E-state index in [4.69, 9.17) is 32.9 Å². The third-order valence-corrected chi connectivity index (χ3v) is 16.3. The Bertz CT molecular complexity index is 1740. The van der Waals surface area contributed by atoms with Crippen molar-refractivity contribution in [3.8, 4) is 0 Å². The summed E-state index contributed by atoms with van der Waals surface area (Å²) >= 11 is 0. The second-order valence-corrected chi connectivity index (χ2v) is 24.5. The van der Waals surface area contributed by atoms with E-state index in [1.165, 1.54) is 64.7 Å². The number of carbonyl (C=O) groups excluding carboxylic acids is 3. The zero-order valence-corrected chi connectivity index (χ0v) is 53.0. The molecule has 0 bridgehead atoms. The molecule has 0 aliphatic carbocycles. The molecule has 20 heteroatoms. The Morgan fingerprint density at radius 1 is 0.566 bits per heavy atom. The molecule has 2 amide bonds. The van der Waals surface area contributed by atoms with Crippen molar-refractivity contribution < 1.29 is 81.8 Å². The number of carboxylic acids is 1. The average Bonchev–Trinajstić information content (AvgIpc) is 3.15. The number of rotatable bonds is 54. The van der Waals surface area contributed by atoms with Crippen LogP contribution in [-0.4, -0.2) is 149 Å². The summed E-state index contributed by atoms with van der Waals surface area (Å²) in [4.78, 5) is 72.7. The van der Waals surface area contributed by atoms with Gasteiger partial charge in [-0.15, -0.1) is 0 Å². The van der Waals surface area contributed by atoms with Gasteiger partial charge in [0, 0.05) is 33.2 Å². The third-order valence-electron chi connectivity index (χ3n) is 15.8. The number of aliphatic carboxylic acids is 1. The van der Waals surface area contributed by atoms with Gasteiger partial charge >= 0.3 is 13.8 Å². The van der Waals surface area contributed by atoms with Gasteiger partial charge in [-0.1, -0.05) is 200 Å². The van der Waals surface area contributed by atoms with E-state index in [1.807, 2.05) is 0 Å². The number of hydrogen-bond donors (Lipinski definition) is 7. The molecule has 0 saturated carbocycles. The van der Waals surface area contributed by atoms with E-state index in [-0.39, 0.29) is 31.5 Å². The highest BCUT2D eigenvalue weighted by molar-refractivity contribution is 7.46. The molecule has 486 valence electrons. The van der Waals surface area contributed by atoms with Crippen LogP contribution in [0.4, 0.5) is 0 Å². The van der Waals surface area contributed by atoms with Crippen molar-refractivity contribution in [1.82, 2.24) is 10.6 Å². The van der Waals surface area contributed by atoms with E-state index in [2.05, 4.69) is 50.5 Å². The summed E-state index contributed by atoms with van der Waals surface area (Å²) in [6.07, 6.45) is 27.4. The molecule has 2 heterocycles. The number of carbonyl (C=O) groups is 4. The molecule has 0 aromatic rings. The number of ketones is 1. The SMILES string of the molecule is CCCCCC/C=C\CCCCCCOC(CCCCCCC)CCO[C@H]1[C@H](OP(=O)(O)O)[C@@H](CO)OC(OC[C@H]2O[C@H](C(=O)O)[C@H](NC(=O)CC(=O)CCCCCCCCCCC)[C@@H](OCCCCCCCCCC)[C@@H]2O)[C@@H]1NC(C)=O. The molecule has 2 aliphatic heterocycles. The van der Waals surface area contributed by atoms with Crippen LogP contribution in [0.15, 0.2) is 12.2 Å². The van der Waals surface area contributed by atoms with Gasteiger partial charge in [0.2, 0.25) is 11.8 Å². The van der Waals surface area contributed by atoms with Crippen LogP contribution < -0.4 is 10.6 Å². The lowest BCUT2D eigenvalue weighted by Gasteiger charge is -2.47. The van der Waals surface area contributed by atoms with Gasteiger partial charge in [0.15, 0.2) is 12.4 Å². The van der Waals surface area contributed by atoms with Crippen molar-refractivity contribution >= 4 is 31.4 Å². The Labute approximate surface area is 500 Å². The third kappa shape index (κ3) is 35.9. The number of carboxylic acid groups (broad SMARTS) is 1. The molecule has 0 spiro atoms. The van der Waals surface area contributed by atoms with Crippen LogP contribution in [0.3, 0.4) is 0 Å². The fourth-order valence-electron chi connectivity index (χ4n) is 11.0. The summed E-state index contributed by atoms with van der Waals surface area (Å²) in [6.45, 7) is 9.22. The molecule has 11 atom stereocenters. The maximum atomic E-state index is 13.5. The van der Waals surface area contributed by atoms with Gasteiger partial charge in [-0.2, -0.15) is 0 Å². The van der Waals surface area contributed by atoms with Crippen molar-refractivity contribution in [1.29, 1.82) is 0 Å². The zero-order chi connectivity index (χ0) is 60.9. The number of Topliss-reactive ketones (excluding diaryl/α,β-unsaturated/α-hetero) is 1. The molecular weight excluding hydrogens is 1090 g/mol. The van der Waals surface area contributed by atoms with Gasteiger partial charge < -0.3 is 64.2 Å². The Morgan fingerprint density at radius 3 is 1.61 bits per heavy atom. The molecule has 2 unspecified atom stereocenters. The van der Waals surface area contributed by atoms with Crippen molar-refractivity contribution in [3.05, 3.63) is 12.2 Å². The maximum Gasteiger partial charge on any atom is 0.470 e. The molecule has 2 fully saturated rings. The summed E-state index contributed by atoms with van der Waals surface area (Å²) in [5, 5.41) is 38.6. The van der Waals surface area contributed by atoms with Crippen molar-refractivity contribution in [2.24, 2.45) is 0 Å². The van der Waals surface area contributed by atoms with Crippen LogP contribution in [-0.2, 0) is 56.7 Å². The van der Waals surface area contributed by atoms with E-state index in [1.54, 1.807) is 0 Å². The van der Waals surface area contributed by atoms with E-state index in [0.717, 1.165) is 141 Å². The molecule has 83 heavy (non-hydrogen) atoms. The van der Waals surface area contributed by atoms with Gasteiger partial charge in [0.1, 0.15) is 48.4 Å². The summed E-state index contributed by atoms with van der Waals surface area (Å²) in [5.74, 6) is -3.08. The Morgan fingerprint density at radius 2 is 1.07 bits per heavy atom. The lowest BCUT2D eigenvalue weighted by atomic mass is 9.91. The topological polar surface area (TPSA) is 275 Å². The van der Waals surface area contributed by atoms with Crippen molar-refractivity contribution in [3.63, 3.8) is 0 Å². The average molecular weight is 1210 g/mol. The first-order valence-corrected chi connectivity index (χ1v) is 34.4. The summed E-state index contributed by atoms with van der Waals surface area (Å²) < 4.78 is 55.2. The fraction of sp³-hybridized carbons (Fsp3) is 0.905. The minimum atomic E-state index is -5.27. The number of unbranched alkanes of at least 4 members (excludes halogenated alkanes) is 27. The summed E-state index contributed by atoms with van der Waals surface area (Å²) in [5.41, 5.74) is 0. The van der Waals surface area contributed by atoms with Crippen LogP contribution in [0.2, 0.25) is 0 Å². The first kappa shape index (κ1) is 76.7.